The van der Waals surface area contributed by atoms with E-state index in [9.17, 15) is 4.79 Å². The van der Waals surface area contributed by atoms with Crippen LogP contribution in [-0.2, 0) is 9.47 Å². The van der Waals surface area contributed by atoms with Crippen LogP contribution in [0.5, 0.6) is 0 Å². The molecule has 1 amide bonds. The van der Waals surface area contributed by atoms with Crippen LogP contribution in [0.2, 0.25) is 0 Å². The number of carbonyl (C=O) groups is 1. The van der Waals surface area contributed by atoms with Gasteiger partial charge in [0, 0.05) is 6.04 Å². The summed E-state index contributed by atoms with van der Waals surface area (Å²) >= 11 is 0. The SMILES string of the molecule is CC(C)(C)OC(=O)NC1CCC2(CC1)CO2. The maximum Gasteiger partial charge on any atom is 0.407 e. The minimum absolute atomic E-state index is 0.187. The van der Waals surface area contributed by atoms with E-state index in [1.54, 1.807) is 0 Å². The van der Waals surface area contributed by atoms with Gasteiger partial charge in [0.2, 0.25) is 0 Å². The Kier molecular flexibility index (Phi) is 2.86. The van der Waals surface area contributed by atoms with Gasteiger partial charge in [-0.1, -0.05) is 0 Å². The molecule has 1 N–H and O–H groups in total. The third kappa shape index (κ3) is 3.11. The van der Waals surface area contributed by atoms with Crippen LogP contribution in [0.4, 0.5) is 4.79 Å². The fraction of sp³-hybridized carbons (Fsp3) is 0.917. The largest absolute Gasteiger partial charge is 0.444 e. The Bertz CT molecular complexity index is 268. The van der Waals surface area contributed by atoms with Gasteiger partial charge < -0.3 is 14.8 Å². The van der Waals surface area contributed by atoms with Crippen molar-refractivity contribution in [3.05, 3.63) is 0 Å². The fourth-order valence-electron chi connectivity index (χ4n) is 2.15. The zero-order valence-corrected chi connectivity index (χ0v) is 10.3. The predicted molar refractivity (Wildman–Crippen MR) is 60.3 cm³/mol. The summed E-state index contributed by atoms with van der Waals surface area (Å²) in [6.07, 6.45) is 3.82. The Labute approximate surface area is 96.7 Å². The van der Waals surface area contributed by atoms with Gasteiger partial charge in [0.05, 0.1) is 12.2 Å². The molecule has 1 spiro atoms. The summed E-state index contributed by atoms with van der Waals surface area (Å²) < 4.78 is 10.7. The molecule has 1 saturated heterocycles. The monoisotopic (exact) mass is 227 g/mol. The molecule has 1 aliphatic carbocycles. The van der Waals surface area contributed by atoms with Crippen LogP contribution in [-0.4, -0.2) is 29.9 Å². The van der Waals surface area contributed by atoms with Crippen molar-refractivity contribution in [2.24, 2.45) is 0 Å². The van der Waals surface area contributed by atoms with Gasteiger partial charge in [-0.3, -0.25) is 0 Å². The Hall–Kier alpha value is -0.770. The number of amides is 1. The molecule has 16 heavy (non-hydrogen) atoms. The van der Waals surface area contributed by atoms with Crippen LogP contribution in [0.1, 0.15) is 46.5 Å². The highest BCUT2D eigenvalue weighted by atomic mass is 16.6. The summed E-state index contributed by atoms with van der Waals surface area (Å²) in [4.78, 5) is 11.5. The first-order chi connectivity index (χ1) is 7.39. The molecule has 0 aromatic rings. The second-order valence-corrected chi connectivity index (χ2v) is 5.89. The van der Waals surface area contributed by atoms with Gasteiger partial charge >= 0.3 is 6.09 Å². The molecule has 0 bridgehead atoms. The lowest BCUT2D eigenvalue weighted by Crippen LogP contribution is -2.42. The second-order valence-electron chi connectivity index (χ2n) is 5.89. The van der Waals surface area contributed by atoms with E-state index >= 15 is 0 Å². The molecule has 2 aliphatic rings. The number of hydrogen-bond donors (Lipinski definition) is 1. The third-order valence-corrected chi connectivity index (χ3v) is 3.17. The number of alkyl carbamates (subject to hydrolysis) is 1. The number of carbonyl (C=O) groups excluding carboxylic acids is 1. The molecule has 0 atom stereocenters. The van der Waals surface area contributed by atoms with Gasteiger partial charge in [0.25, 0.3) is 0 Å². The van der Waals surface area contributed by atoms with E-state index in [1.165, 1.54) is 0 Å². The summed E-state index contributed by atoms with van der Waals surface area (Å²) in [6.45, 7) is 6.54. The lowest BCUT2D eigenvalue weighted by molar-refractivity contribution is 0.0482. The highest BCUT2D eigenvalue weighted by Gasteiger charge is 2.47. The molecule has 4 heteroatoms. The molecule has 0 radical (unpaired) electrons. The third-order valence-electron chi connectivity index (χ3n) is 3.17. The van der Waals surface area contributed by atoms with Gasteiger partial charge in [-0.2, -0.15) is 0 Å². The first-order valence-corrected chi connectivity index (χ1v) is 6.02. The van der Waals surface area contributed by atoms with Gasteiger partial charge in [-0.15, -0.1) is 0 Å². The zero-order chi connectivity index (χ0) is 11.8. The molecule has 2 rings (SSSR count). The predicted octanol–water partition coefficient (Wildman–Crippen LogP) is 2.22. The van der Waals surface area contributed by atoms with Crippen LogP contribution >= 0.6 is 0 Å². The number of hydrogen-bond acceptors (Lipinski definition) is 3. The van der Waals surface area contributed by atoms with Crippen molar-refractivity contribution >= 4 is 6.09 Å². The molecule has 1 heterocycles. The molecule has 2 fully saturated rings. The van der Waals surface area contributed by atoms with Crippen LogP contribution in [0.15, 0.2) is 0 Å². The molecular weight excluding hydrogens is 206 g/mol. The minimum atomic E-state index is -0.417. The van der Waals surface area contributed by atoms with Crippen LogP contribution < -0.4 is 5.32 Å². The van der Waals surface area contributed by atoms with Crippen molar-refractivity contribution in [1.29, 1.82) is 0 Å². The lowest BCUT2D eigenvalue weighted by Gasteiger charge is -2.28. The Morgan fingerprint density at radius 2 is 1.94 bits per heavy atom. The first-order valence-electron chi connectivity index (χ1n) is 6.02. The molecule has 1 saturated carbocycles. The maximum absolute atomic E-state index is 11.5. The highest BCUT2D eigenvalue weighted by molar-refractivity contribution is 5.68. The lowest BCUT2D eigenvalue weighted by atomic mass is 9.86. The fourth-order valence-corrected chi connectivity index (χ4v) is 2.15. The summed E-state index contributed by atoms with van der Waals surface area (Å²) in [5, 5.41) is 2.92. The molecule has 0 aromatic heterocycles. The summed E-state index contributed by atoms with van der Waals surface area (Å²) in [5.74, 6) is 0. The summed E-state index contributed by atoms with van der Waals surface area (Å²) in [6, 6.07) is 0.254. The van der Waals surface area contributed by atoms with Crippen molar-refractivity contribution in [3.63, 3.8) is 0 Å². The molecule has 92 valence electrons. The van der Waals surface area contributed by atoms with Gasteiger partial charge in [0.1, 0.15) is 5.60 Å². The van der Waals surface area contributed by atoms with Crippen LogP contribution in [0, 0.1) is 0 Å². The van der Waals surface area contributed by atoms with Crippen molar-refractivity contribution in [1.82, 2.24) is 5.32 Å². The molecule has 4 nitrogen and oxygen atoms in total. The normalized spacial score (nSPS) is 33.6. The smallest absolute Gasteiger partial charge is 0.407 e. The van der Waals surface area contributed by atoms with Crippen molar-refractivity contribution in [2.75, 3.05) is 6.61 Å². The standard InChI is InChI=1S/C12H21NO3/c1-11(2,3)16-10(14)13-9-4-6-12(7-5-9)8-15-12/h9H,4-8H2,1-3H3,(H,13,14). The van der Waals surface area contributed by atoms with Gasteiger partial charge in [0.15, 0.2) is 0 Å². The molecular formula is C12H21NO3. The quantitative estimate of drug-likeness (QED) is 0.699. The van der Waals surface area contributed by atoms with E-state index in [0.717, 1.165) is 32.3 Å². The minimum Gasteiger partial charge on any atom is -0.444 e. The zero-order valence-electron chi connectivity index (χ0n) is 10.3. The molecule has 0 aromatic carbocycles. The highest BCUT2D eigenvalue weighted by Crippen LogP contribution is 2.41. The van der Waals surface area contributed by atoms with E-state index in [0.29, 0.717) is 0 Å². The van der Waals surface area contributed by atoms with Crippen LogP contribution in [0.25, 0.3) is 0 Å². The average Bonchev–Trinajstić information content (AvgIpc) is 2.87. The summed E-state index contributed by atoms with van der Waals surface area (Å²) in [5.41, 5.74) is -0.230. The Morgan fingerprint density at radius 3 is 2.38 bits per heavy atom. The van der Waals surface area contributed by atoms with Crippen molar-refractivity contribution in [3.8, 4) is 0 Å². The first kappa shape index (κ1) is 11.7. The average molecular weight is 227 g/mol. The molecule has 1 aliphatic heterocycles. The topological polar surface area (TPSA) is 50.9 Å². The van der Waals surface area contributed by atoms with Gasteiger partial charge in [-0.25, -0.2) is 4.79 Å². The number of rotatable bonds is 1. The number of nitrogens with one attached hydrogen (secondary N) is 1. The van der Waals surface area contributed by atoms with Crippen LogP contribution in [0.3, 0.4) is 0 Å². The van der Waals surface area contributed by atoms with E-state index in [-0.39, 0.29) is 17.7 Å². The maximum atomic E-state index is 11.5. The Morgan fingerprint density at radius 1 is 1.38 bits per heavy atom. The van der Waals surface area contributed by atoms with Crippen molar-refractivity contribution in [2.45, 2.75) is 63.7 Å². The van der Waals surface area contributed by atoms with Crippen molar-refractivity contribution < 1.29 is 14.3 Å². The molecule has 0 unspecified atom stereocenters. The van der Waals surface area contributed by atoms with Gasteiger partial charge in [-0.05, 0) is 46.5 Å². The van der Waals surface area contributed by atoms with E-state index < -0.39 is 5.60 Å². The number of ether oxygens (including phenoxy) is 2. The second kappa shape index (κ2) is 3.91. The van der Waals surface area contributed by atoms with E-state index in [1.807, 2.05) is 20.8 Å². The summed E-state index contributed by atoms with van der Waals surface area (Å²) in [7, 11) is 0. The Balaban J connectivity index is 1.72. The van der Waals surface area contributed by atoms with E-state index in [2.05, 4.69) is 5.32 Å². The number of epoxide rings is 1. The van der Waals surface area contributed by atoms with E-state index in [4.69, 9.17) is 9.47 Å².